The van der Waals surface area contributed by atoms with E-state index in [4.69, 9.17) is 5.73 Å². The Bertz CT molecular complexity index is 486. The molecule has 2 N–H and O–H groups in total. The molecular formula is C12H15N3S. The van der Waals surface area contributed by atoms with Gasteiger partial charge in [-0.3, -0.25) is 0 Å². The molecule has 16 heavy (non-hydrogen) atoms. The van der Waals surface area contributed by atoms with Crippen LogP contribution in [0.4, 0.5) is 5.69 Å². The Labute approximate surface area is 98.9 Å². The van der Waals surface area contributed by atoms with Gasteiger partial charge < -0.3 is 10.6 Å². The molecular weight excluding hydrogens is 218 g/mol. The number of nitrogens with zero attached hydrogens (tertiary/aromatic N) is 2. The summed E-state index contributed by atoms with van der Waals surface area (Å²) in [6, 6.07) is 6.90. The minimum absolute atomic E-state index is 0.392. The summed E-state index contributed by atoms with van der Waals surface area (Å²) in [5.74, 6) is 0. The van der Waals surface area contributed by atoms with E-state index in [1.165, 1.54) is 10.4 Å². The first-order valence-electron chi connectivity index (χ1n) is 5.67. The molecule has 1 aliphatic heterocycles. The second-order valence-corrected chi connectivity index (χ2v) is 5.22. The van der Waals surface area contributed by atoms with Crippen molar-refractivity contribution in [2.45, 2.75) is 18.9 Å². The molecule has 0 aliphatic carbocycles. The van der Waals surface area contributed by atoms with Gasteiger partial charge in [-0.1, -0.05) is 0 Å². The van der Waals surface area contributed by atoms with Crippen LogP contribution in [0.5, 0.6) is 0 Å². The third-order valence-electron chi connectivity index (χ3n) is 3.22. The summed E-state index contributed by atoms with van der Waals surface area (Å²) < 4.78 is 1.27. The molecule has 0 amide bonds. The second-order valence-electron chi connectivity index (χ2n) is 4.33. The minimum atomic E-state index is 0.392. The van der Waals surface area contributed by atoms with Gasteiger partial charge in [-0.25, -0.2) is 4.98 Å². The second kappa shape index (κ2) is 4.03. The Hall–Kier alpha value is -1.13. The summed E-state index contributed by atoms with van der Waals surface area (Å²) in [6.45, 7) is 2.15. The van der Waals surface area contributed by atoms with Crippen LogP contribution < -0.4 is 10.6 Å². The van der Waals surface area contributed by atoms with Crippen LogP contribution in [0.1, 0.15) is 12.8 Å². The number of rotatable bonds is 1. The average molecular weight is 233 g/mol. The standard InChI is InChI=1S/C12H15N3S/c13-9-3-5-15(6-4-9)10-1-2-11-12(7-10)16-8-14-11/h1-2,7-9H,3-6,13H2. The van der Waals surface area contributed by atoms with Crippen LogP contribution >= 0.6 is 11.3 Å². The van der Waals surface area contributed by atoms with Gasteiger partial charge in [0.1, 0.15) is 0 Å². The van der Waals surface area contributed by atoms with E-state index in [1.807, 2.05) is 5.51 Å². The third kappa shape index (κ3) is 1.79. The molecule has 84 valence electrons. The fourth-order valence-electron chi connectivity index (χ4n) is 2.20. The number of anilines is 1. The Morgan fingerprint density at radius 1 is 1.31 bits per heavy atom. The normalized spacial score (nSPS) is 18.2. The molecule has 2 aromatic rings. The maximum atomic E-state index is 5.91. The summed E-state index contributed by atoms with van der Waals surface area (Å²) >= 11 is 1.70. The molecule has 0 radical (unpaired) electrons. The highest BCUT2D eigenvalue weighted by Crippen LogP contribution is 2.26. The predicted molar refractivity (Wildman–Crippen MR) is 69.0 cm³/mol. The molecule has 1 saturated heterocycles. The number of thiazole rings is 1. The quantitative estimate of drug-likeness (QED) is 0.821. The molecule has 2 heterocycles. The van der Waals surface area contributed by atoms with Gasteiger partial charge in [-0.2, -0.15) is 0 Å². The predicted octanol–water partition coefficient (Wildman–Crippen LogP) is 2.22. The Morgan fingerprint density at radius 3 is 2.94 bits per heavy atom. The molecule has 3 rings (SSSR count). The van der Waals surface area contributed by atoms with Crippen molar-refractivity contribution < 1.29 is 0 Å². The molecule has 3 nitrogen and oxygen atoms in total. The maximum Gasteiger partial charge on any atom is 0.0813 e. The zero-order valence-corrected chi connectivity index (χ0v) is 9.91. The zero-order chi connectivity index (χ0) is 11.0. The number of hydrogen-bond donors (Lipinski definition) is 1. The van der Waals surface area contributed by atoms with Crippen LogP contribution in [0.2, 0.25) is 0 Å². The lowest BCUT2D eigenvalue weighted by Crippen LogP contribution is -2.39. The van der Waals surface area contributed by atoms with Crippen molar-refractivity contribution in [3.05, 3.63) is 23.7 Å². The van der Waals surface area contributed by atoms with Crippen molar-refractivity contribution in [2.24, 2.45) is 5.73 Å². The van der Waals surface area contributed by atoms with E-state index in [0.717, 1.165) is 31.4 Å². The van der Waals surface area contributed by atoms with Gasteiger partial charge in [-0.05, 0) is 31.0 Å². The van der Waals surface area contributed by atoms with Gasteiger partial charge in [0, 0.05) is 24.8 Å². The molecule has 0 spiro atoms. The zero-order valence-electron chi connectivity index (χ0n) is 9.10. The fraction of sp³-hybridized carbons (Fsp3) is 0.417. The van der Waals surface area contributed by atoms with Crippen LogP contribution in [0.3, 0.4) is 0 Å². The van der Waals surface area contributed by atoms with Crippen molar-refractivity contribution >= 4 is 27.2 Å². The molecule has 0 bridgehead atoms. The molecule has 1 aromatic carbocycles. The molecule has 1 aliphatic rings. The molecule has 0 unspecified atom stereocenters. The topological polar surface area (TPSA) is 42.1 Å². The lowest BCUT2D eigenvalue weighted by atomic mass is 10.1. The first kappa shape index (κ1) is 10.1. The number of nitrogens with two attached hydrogens (primary N) is 1. The van der Waals surface area contributed by atoms with E-state index >= 15 is 0 Å². The lowest BCUT2D eigenvalue weighted by Gasteiger charge is -2.31. The summed E-state index contributed by atoms with van der Waals surface area (Å²) in [4.78, 5) is 6.72. The van der Waals surface area contributed by atoms with E-state index in [-0.39, 0.29) is 0 Å². The van der Waals surface area contributed by atoms with Crippen LogP contribution in [0.25, 0.3) is 10.2 Å². The van der Waals surface area contributed by atoms with Gasteiger partial charge >= 0.3 is 0 Å². The molecule has 1 aromatic heterocycles. The van der Waals surface area contributed by atoms with Crippen molar-refractivity contribution in [3.8, 4) is 0 Å². The molecule has 4 heteroatoms. The van der Waals surface area contributed by atoms with Crippen molar-refractivity contribution in [1.29, 1.82) is 0 Å². The van der Waals surface area contributed by atoms with Gasteiger partial charge in [-0.15, -0.1) is 11.3 Å². The van der Waals surface area contributed by atoms with Gasteiger partial charge in [0.25, 0.3) is 0 Å². The number of hydrogen-bond acceptors (Lipinski definition) is 4. The van der Waals surface area contributed by atoms with Gasteiger partial charge in [0.15, 0.2) is 0 Å². The van der Waals surface area contributed by atoms with E-state index in [9.17, 15) is 0 Å². The SMILES string of the molecule is NC1CCN(c2ccc3ncsc3c2)CC1. The summed E-state index contributed by atoms with van der Waals surface area (Å²) in [5, 5.41) is 0. The number of piperidine rings is 1. The van der Waals surface area contributed by atoms with E-state index < -0.39 is 0 Å². The Morgan fingerprint density at radius 2 is 2.12 bits per heavy atom. The minimum Gasteiger partial charge on any atom is -0.371 e. The first-order chi connectivity index (χ1) is 7.83. The van der Waals surface area contributed by atoms with E-state index in [0.29, 0.717) is 6.04 Å². The highest BCUT2D eigenvalue weighted by atomic mass is 32.1. The monoisotopic (exact) mass is 233 g/mol. The molecule has 1 fully saturated rings. The molecule has 0 atom stereocenters. The van der Waals surface area contributed by atoms with Crippen LogP contribution in [0.15, 0.2) is 23.7 Å². The van der Waals surface area contributed by atoms with Crippen molar-refractivity contribution in [2.75, 3.05) is 18.0 Å². The van der Waals surface area contributed by atoms with E-state index in [1.54, 1.807) is 11.3 Å². The summed E-state index contributed by atoms with van der Waals surface area (Å²) in [5.41, 5.74) is 10.2. The first-order valence-corrected chi connectivity index (χ1v) is 6.55. The van der Waals surface area contributed by atoms with Gasteiger partial charge in [0.2, 0.25) is 0 Å². The highest BCUT2D eigenvalue weighted by Gasteiger charge is 2.16. The lowest BCUT2D eigenvalue weighted by molar-refractivity contribution is 0.501. The fourth-order valence-corrected chi connectivity index (χ4v) is 2.91. The van der Waals surface area contributed by atoms with Crippen LogP contribution in [0, 0.1) is 0 Å². The molecule has 0 saturated carbocycles. The maximum absolute atomic E-state index is 5.91. The van der Waals surface area contributed by atoms with Crippen molar-refractivity contribution in [1.82, 2.24) is 4.98 Å². The third-order valence-corrected chi connectivity index (χ3v) is 4.01. The number of benzene rings is 1. The Balaban J connectivity index is 1.87. The number of aromatic nitrogens is 1. The summed E-state index contributed by atoms with van der Waals surface area (Å²) in [7, 11) is 0. The smallest absolute Gasteiger partial charge is 0.0813 e. The summed E-state index contributed by atoms with van der Waals surface area (Å²) in [6.07, 6.45) is 2.20. The highest BCUT2D eigenvalue weighted by molar-refractivity contribution is 7.16. The van der Waals surface area contributed by atoms with Gasteiger partial charge in [0.05, 0.1) is 15.7 Å². The average Bonchev–Trinajstić information content (AvgIpc) is 2.77. The van der Waals surface area contributed by atoms with Crippen LogP contribution in [-0.4, -0.2) is 24.1 Å². The Kier molecular flexibility index (Phi) is 2.53. The van der Waals surface area contributed by atoms with Crippen molar-refractivity contribution in [3.63, 3.8) is 0 Å². The number of fused-ring (bicyclic) bond motifs is 1. The van der Waals surface area contributed by atoms with E-state index in [2.05, 4.69) is 28.1 Å². The largest absolute Gasteiger partial charge is 0.371 e. The van der Waals surface area contributed by atoms with Crippen LogP contribution in [-0.2, 0) is 0 Å².